The van der Waals surface area contributed by atoms with Crippen molar-refractivity contribution in [3.05, 3.63) is 47.8 Å². The van der Waals surface area contributed by atoms with E-state index in [4.69, 9.17) is 5.26 Å². The molecule has 0 bridgehead atoms. The van der Waals surface area contributed by atoms with Gasteiger partial charge in [-0.1, -0.05) is 6.07 Å². The van der Waals surface area contributed by atoms with Gasteiger partial charge in [0.25, 0.3) is 0 Å². The predicted molar refractivity (Wildman–Crippen MR) is 103 cm³/mol. The fraction of sp³-hybridized carbons (Fsp3) is 0.316. The summed E-state index contributed by atoms with van der Waals surface area (Å²) in [6.45, 7) is 0.196. The number of benzene rings is 1. The molecule has 10 heteroatoms. The third-order valence-electron chi connectivity index (χ3n) is 4.75. The van der Waals surface area contributed by atoms with E-state index in [0.717, 1.165) is 4.31 Å². The maximum atomic E-state index is 13.1. The van der Waals surface area contributed by atoms with Crippen molar-refractivity contribution in [2.45, 2.75) is 23.8 Å². The molecule has 0 spiro atoms. The van der Waals surface area contributed by atoms with Crippen molar-refractivity contribution in [3.63, 3.8) is 0 Å². The first-order valence-electron chi connectivity index (χ1n) is 8.85. The van der Waals surface area contributed by atoms with Crippen LogP contribution in [0.5, 0.6) is 0 Å². The molecule has 3 rings (SSSR count). The van der Waals surface area contributed by atoms with E-state index in [9.17, 15) is 18.0 Å². The van der Waals surface area contributed by atoms with Crippen molar-refractivity contribution in [3.8, 4) is 6.07 Å². The number of methoxy groups -OCH3 is 1. The average molecular weight is 416 g/mol. The van der Waals surface area contributed by atoms with E-state index >= 15 is 0 Å². The smallest absolute Gasteiger partial charge is 0.354 e. The first-order valence-corrected chi connectivity index (χ1v) is 10.3. The zero-order chi connectivity index (χ0) is 21.2. The molecule has 0 saturated carbocycles. The standard InChI is InChI=1S/C19H20N4O5S/c1-22-12-15(10-17(22)19(25)28-2)29(26,27)23-8-4-7-16(23)18(24)21-14-6-3-5-13(9-14)11-20/h3,5-6,9-10,12,16H,4,7-8H2,1-2H3,(H,21,24). The van der Waals surface area contributed by atoms with E-state index in [1.807, 2.05) is 6.07 Å². The number of sulfonamides is 1. The molecule has 0 radical (unpaired) electrons. The molecule has 1 aliphatic heterocycles. The van der Waals surface area contributed by atoms with Gasteiger partial charge in [0, 0.05) is 25.5 Å². The second-order valence-electron chi connectivity index (χ2n) is 6.62. The number of aryl methyl sites for hydroxylation is 1. The molecule has 1 N–H and O–H groups in total. The van der Waals surface area contributed by atoms with Crippen molar-refractivity contribution in [1.82, 2.24) is 8.87 Å². The van der Waals surface area contributed by atoms with Crippen molar-refractivity contribution in [2.24, 2.45) is 7.05 Å². The zero-order valence-electron chi connectivity index (χ0n) is 16.0. The van der Waals surface area contributed by atoms with Crippen molar-refractivity contribution >= 4 is 27.6 Å². The van der Waals surface area contributed by atoms with Crippen LogP contribution in [-0.4, -0.2) is 48.9 Å². The molecule has 1 fully saturated rings. The summed E-state index contributed by atoms with van der Waals surface area (Å²) in [5.41, 5.74) is 0.906. The maximum Gasteiger partial charge on any atom is 0.354 e. The number of carbonyl (C=O) groups excluding carboxylic acids is 2. The number of carbonyl (C=O) groups is 2. The lowest BCUT2D eigenvalue weighted by atomic mass is 10.2. The molecule has 1 atom stereocenters. The monoisotopic (exact) mass is 416 g/mol. The summed E-state index contributed by atoms with van der Waals surface area (Å²) in [4.78, 5) is 24.5. The third-order valence-corrected chi connectivity index (χ3v) is 6.62. The van der Waals surface area contributed by atoms with E-state index in [-0.39, 0.29) is 17.1 Å². The highest BCUT2D eigenvalue weighted by Gasteiger charge is 2.40. The quantitative estimate of drug-likeness (QED) is 0.737. The van der Waals surface area contributed by atoms with Gasteiger partial charge >= 0.3 is 5.97 Å². The molecule has 2 heterocycles. The van der Waals surface area contributed by atoms with Gasteiger partial charge in [-0.25, -0.2) is 13.2 Å². The second-order valence-corrected chi connectivity index (χ2v) is 8.51. The predicted octanol–water partition coefficient (Wildman–Crippen LogP) is 1.48. The van der Waals surface area contributed by atoms with E-state index in [1.165, 1.54) is 30.0 Å². The number of hydrogen-bond donors (Lipinski definition) is 1. The van der Waals surface area contributed by atoms with Crippen LogP contribution < -0.4 is 5.32 Å². The van der Waals surface area contributed by atoms with Crippen LogP contribution in [0.15, 0.2) is 41.4 Å². The number of nitrogens with one attached hydrogen (secondary N) is 1. The summed E-state index contributed by atoms with van der Waals surface area (Å²) < 4.78 is 33.4. The zero-order valence-corrected chi connectivity index (χ0v) is 16.8. The van der Waals surface area contributed by atoms with Crippen LogP contribution in [0.3, 0.4) is 0 Å². The van der Waals surface area contributed by atoms with Crippen LogP contribution in [0.2, 0.25) is 0 Å². The second kappa shape index (κ2) is 8.06. The molecule has 9 nitrogen and oxygen atoms in total. The van der Waals surface area contributed by atoms with E-state index in [0.29, 0.717) is 24.1 Å². The summed E-state index contributed by atoms with van der Waals surface area (Å²) in [5.74, 6) is -1.12. The molecule has 2 aromatic rings. The number of nitriles is 1. The van der Waals surface area contributed by atoms with Gasteiger partial charge in [0.05, 0.1) is 18.7 Å². The Bertz CT molecular complexity index is 1100. The number of aromatic nitrogens is 1. The molecule has 1 amide bonds. The minimum Gasteiger partial charge on any atom is -0.464 e. The number of nitrogens with zero attached hydrogens (tertiary/aromatic N) is 3. The summed E-state index contributed by atoms with van der Waals surface area (Å²) in [6.07, 6.45) is 2.23. The van der Waals surface area contributed by atoms with Gasteiger partial charge in [0.2, 0.25) is 15.9 Å². The number of anilines is 1. The van der Waals surface area contributed by atoms with Gasteiger partial charge in [-0.2, -0.15) is 9.57 Å². The fourth-order valence-electron chi connectivity index (χ4n) is 3.30. The normalized spacial score (nSPS) is 16.9. The summed E-state index contributed by atoms with van der Waals surface area (Å²) in [5, 5.41) is 11.7. The van der Waals surface area contributed by atoms with Gasteiger partial charge in [0.1, 0.15) is 16.6 Å². The van der Waals surface area contributed by atoms with Gasteiger partial charge in [-0.05, 0) is 37.1 Å². The van der Waals surface area contributed by atoms with Gasteiger partial charge < -0.3 is 14.6 Å². The Morgan fingerprint density at radius 2 is 2.07 bits per heavy atom. The molecule has 0 aliphatic carbocycles. The third kappa shape index (κ3) is 4.01. The maximum absolute atomic E-state index is 13.1. The fourth-order valence-corrected chi connectivity index (χ4v) is 5.03. The molecule has 1 unspecified atom stereocenters. The summed E-state index contributed by atoms with van der Waals surface area (Å²) in [7, 11) is -1.23. The number of hydrogen-bond acceptors (Lipinski definition) is 6. The highest BCUT2D eigenvalue weighted by molar-refractivity contribution is 7.89. The molecule has 29 heavy (non-hydrogen) atoms. The minimum atomic E-state index is -3.99. The van der Waals surface area contributed by atoms with Crippen LogP contribution in [0.25, 0.3) is 0 Å². The number of esters is 1. The molecular weight excluding hydrogens is 396 g/mol. The van der Waals surface area contributed by atoms with Crippen LogP contribution in [0, 0.1) is 11.3 Å². The van der Waals surface area contributed by atoms with E-state index in [1.54, 1.807) is 25.2 Å². The van der Waals surface area contributed by atoms with Crippen molar-refractivity contribution in [2.75, 3.05) is 19.0 Å². The average Bonchev–Trinajstić information content (AvgIpc) is 3.35. The highest BCUT2D eigenvalue weighted by atomic mass is 32.2. The number of rotatable bonds is 5. The molecule has 1 aliphatic rings. The first-order chi connectivity index (χ1) is 13.8. The molecule has 152 valence electrons. The Balaban J connectivity index is 1.85. The number of ether oxygens (including phenoxy) is 1. The highest BCUT2D eigenvalue weighted by Crippen LogP contribution is 2.28. The lowest BCUT2D eigenvalue weighted by Gasteiger charge is -2.23. The van der Waals surface area contributed by atoms with Crippen LogP contribution in [0.1, 0.15) is 28.9 Å². The Morgan fingerprint density at radius 1 is 1.31 bits per heavy atom. The lowest BCUT2D eigenvalue weighted by molar-refractivity contribution is -0.119. The minimum absolute atomic E-state index is 0.0772. The van der Waals surface area contributed by atoms with Crippen LogP contribution >= 0.6 is 0 Å². The Morgan fingerprint density at radius 3 is 2.76 bits per heavy atom. The Labute approximate surface area is 168 Å². The van der Waals surface area contributed by atoms with Gasteiger partial charge in [0.15, 0.2) is 0 Å². The SMILES string of the molecule is COC(=O)c1cc(S(=O)(=O)N2CCCC2C(=O)Nc2cccc(C#N)c2)cn1C. The first kappa shape index (κ1) is 20.6. The van der Waals surface area contributed by atoms with Gasteiger partial charge in [-0.3, -0.25) is 4.79 Å². The summed E-state index contributed by atoms with van der Waals surface area (Å²) in [6, 6.07) is 8.74. The lowest BCUT2D eigenvalue weighted by Crippen LogP contribution is -2.43. The largest absolute Gasteiger partial charge is 0.464 e. The topological polar surface area (TPSA) is 122 Å². The van der Waals surface area contributed by atoms with E-state index < -0.39 is 27.9 Å². The summed E-state index contributed by atoms with van der Waals surface area (Å²) >= 11 is 0. The van der Waals surface area contributed by atoms with Crippen molar-refractivity contribution in [1.29, 1.82) is 5.26 Å². The number of amides is 1. The molecular formula is C19H20N4O5S. The van der Waals surface area contributed by atoms with Crippen LogP contribution in [-0.2, 0) is 26.6 Å². The van der Waals surface area contributed by atoms with E-state index in [2.05, 4.69) is 10.1 Å². The Hall–Kier alpha value is -3.16. The molecule has 1 aromatic carbocycles. The molecule has 1 saturated heterocycles. The van der Waals surface area contributed by atoms with Gasteiger partial charge in [-0.15, -0.1) is 0 Å². The van der Waals surface area contributed by atoms with Crippen LogP contribution in [0.4, 0.5) is 5.69 Å². The Kier molecular flexibility index (Phi) is 5.72. The molecule has 1 aromatic heterocycles. The van der Waals surface area contributed by atoms with Crippen molar-refractivity contribution < 1.29 is 22.7 Å².